The summed E-state index contributed by atoms with van der Waals surface area (Å²) >= 11 is 16.4. The fourth-order valence-corrected chi connectivity index (χ4v) is 1.36. The maximum atomic E-state index is 10.7. The van der Waals surface area contributed by atoms with Gasteiger partial charge in [-0.25, -0.2) is 0 Å². The van der Waals surface area contributed by atoms with E-state index in [0.29, 0.717) is 6.42 Å². The SMILES string of the molecule is CCCCC(C(=O)O)C(Cl)=C(Cl)Cl. The van der Waals surface area contributed by atoms with Gasteiger partial charge in [-0.2, -0.15) is 0 Å². The van der Waals surface area contributed by atoms with E-state index in [1.165, 1.54) is 0 Å². The topological polar surface area (TPSA) is 37.3 Å². The van der Waals surface area contributed by atoms with Gasteiger partial charge in [-0.05, 0) is 6.42 Å². The summed E-state index contributed by atoms with van der Waals surface area (Å²) in [6, 6.07) is 0. The van der Waals surface area contributed by atoms with Gasteiger partial charge in [0, 0.05) is 0 Å². The lowest BCUT2D eigenvalue weighted by Crippen LogP contribution is -2.14. The van der Waals surface area contributed by atoms with Crippen molar-refractivity contribution in [2.75, 3.05) is 0 Å². The summed E-state index contributed by atoms with van der Waals surface area (Å²) in [5.41, 5.74) is 0. The number of carboxylic acids is 1. The average Bonchev–Trinajstić information content (AvgIpc) is 2.04. The molecule has 0 heterocycles. The first kappa shape index (κ1) is 13.1. The van der Waals surface area contributed by atoms with Crippen LogP contribution in [-0.2, 0) is 4.79 Å². The highest BCUT2D eigenvalue weighted by Crippen LogP contribution is 2.28. The number of carbonyl (C=O) groups is 1. The van der Waals surface area contributed by atoms with E-state index in [0.717, 1.165) is 12.8 Å². The number of aliphatic carboxylic acids is 1. The molecule has 0 saturated heterocycles. The smallest absolute Gasteiger partial charge is 0.311 e. The molecule has 0 aliphatic rings. The summed E-state index contributed by atoms with van der Waals surface area (Å²) in [5, 5.41) is 8.80. The molecular weight excluding hydrogens is 234 g/mol. The van der Waals surface area contributed by atoms with Gasteiger partial charge < -0.3 is 5.11 Å². The monoisotopic (exact) mass is 244 g/mol. The molecule has 0 fully saturated rings. The van der Waals surface area contributed by atoms with Crippen molar-refractivity contribution in [3.8, 4) is 0 Å². The van der Waals surface area contributed by atoms with E-state index in [1.54, 1.807) is 0 Å². The van der Waals surface area contributed by atoms with Crippen molar-refractivity contribution in [3.63, 3.8) is 0 Å². The standard InChI is InChI=1S/C8H11Cl3O2/c1-2-3-4-5(8(12)13)6(9)7(10)11/h5H,2-4H2,1H3,(H,12,13). The van der Waals surface area contributed by atoms with Crippen LogP contribution in [0.25, 0.3) is 0 Å². The van der Waals surface area contributed by atoms with Crippen molar-refractivity contribution in [1.29, 1.82) is 0 Å². The van der Waals surface area contributed by atoms with Gasteiger partial charge in [-0.1, -0.05) is 54.6 Å². The maximum Gasteiger partial charge on any atom is 0.311 e. The van der Waals surface area contributed by atoms with E-state index in [9.17, 15) is 4.79 Å². The number of halogens is 3. The van der Waals surface area contributed by atoms with Crippen LogP contribution in [0, 0.1) is 5.92 Å². The molecule has 0 aliphatic carbocycles. The number of hydrogen-bond acceptors (Lipinski definition) is 1. The summed E-state index contributed by atoms with van der Waals surface area (Å²) < 4.78 is -0.162. The minimum atomic E-state index is -0.989. The predicted octanol–water partition coefficient (Wildman–Crippen LogP) is 3.76. The quantitative estimate of drug-likeness (QED) is 0.801. The second-order valence-corrected chi connectivity index (χ2v) is 4.00. The van der Waals surface area contributed by atoms with Crippen LogP contribution in [0.2, 0.25) is 0 Å². The highest BCUT2D eigenvalue weighted by Gasteiger charge is 2.22. The third-order valence-corrected chi connectivity index (χ3v) is 2.68. The summed E-state index contributed by atoms with van der Waals surface area (Å²) in [6.45, 7) is 1.97. The lowest BCUT2D eigenvalue weighted by Gasteiger charge is -2.10. The molecule has 0 radical (unpaired) electrons. The highest BCUT2D eigenvalue weighted by molar-refractivity contribution is 6.59. The van der Waals surface area contributed by atoms with Gasteiger partial charge in [-0.15, -0.1) is 0 Å². The maximum absolute atomic E-state index is 10.7. The fourth-order valence-electron chi connectivity index (χ4n) is 0.899. The third-order valence-electron chi connectivity index (χ3n) is 1.63. The van der Waals surface area contributed by atoms with Crippen molar-refractivity contribution in [2.24, 2.45) is 5.92 Å². The minimum Gasteiger partial charge on any atom is -0.481 e. The largest absolute Gasteiger partial charge is 0.481 e. The van der Waals surface area contributed by atoms with Gasteiger partial charge in [0.1, 0.15) is 4.49 Å². The number of hydrogen-bond donors (Lipinski definition) is 1. The molecule has 1 atom stereocenters. The molecule has 76 valence electrons. The molecule has 13 heavy (non-hydrogen) atoms. The highest BCUT2D eigenvalue weighted by atomic mass is 35.5. The molecule has 0 aromatic rings. The molecule has 1 unspecified atom stereocenters. The molecule has 2 nitrogen and oxygen atoms in total. The molecule has 0 rings (SSSR count). The Balaban J connectivity index is 4.43. The first-order valence-corrected chi connectivity index (χ1v) is 5.07. The Kier molecular flexibility index (Phi) is 6.56. The van der Waals surface area contributed by atoms with Crippen molar-refractivity contribution < 1.29 is 9.90 Å². The summed E-state index contributed by atoms with van der Waals surface area (Å²) in [4.78, 5) is 10.7. The molecule has 0 aliphatic heterocycles. The number of unbranched alkanes of at least 4 members (excludes halogenated alkanes) is 1. The van der Waals surface area contributed by atoms with Crippen LogP contribution in [0.15, 0.2) is 9.52 Å². The molecule has 0 aromatic carbocycles. The zero-order valence-corrected chi connectivity index (χ0v) is 9.46. The van der Waals surface area contributed by atoms with Crippen LogP contribution >= 0.6 is 34.8 Å². The van der Waals surface area contributed by atoms with Gasteiger partial charge in [0.15, 0.2) is 0 Å². The van der Waals surface area contributed by atoms with Crippen molar-refractivity contribution >= 4 is 40.8 Å². The van der Waals surface area contributed by atoms with Crippen molar-refractivity contribution in [2.45, 2.75) is 26.2 Å². The van der Waals surface area contributed by atoms with Crippen LogP contribution < -0.4 is 0 Å². The van der Waals surface area contributed by atoms with Crippen LogP contribution in [0.3, 0.4) is 0 Å². The Morgan fingerprint density at radius 3 is 2.23 bits per heavy atom. The van der Waals surface area contributed by atoms with Gasteiger partial charge in [0.25, 0.3) is 0 Å². The Labute approximate surface area is 92.5 Å². The zero-order chi connectivity index (χ0) is 10.4. The lowest BCUT2D eigenvalue weighted by atomic mass is 10.0. The van der Waals surface area contributed by atoms with Crippen molar-refractivity contribution in [3.05, 3.63) is 9.52 Å². The van der Waals surface area contributed by atoms with Crippen LogP contribution in [-0.4, -0.2) is 11.1 Å². The second kappa shape index (κ2) is 6.52. The van der Waals surface area contributed by atoms with Gasteiger partial charge in [-0.3, -0.25) is 4.79 Å². The fraction of sp³-hybridized carbons (Fsp3) is 0.625. The Morgan fingerprint density at radius 1 is 1.38 bits per heavy atom. The van der Waals surface area contributed by atoms with Gasteiger partial charge in [0.05, 0.1) is 11.0 Å². The van der Waals surface area contributed by atoms with E-state index in [2.05, 4.69) is 0 Å². The molecule has 0 spiro atoms. The minimum absolute atomic E-state index is 0.0179. The molecule has 1 N–H and O–H groups in total. The average molecular weight is 246 g/mol. The number of carboxylic acid groups (broad SMARTS) is 1. The molecular formula is C8H11Cl3O2. The first-order chi connectivity index (χ1) is 6.00. The Bertz CT molecular complexity index is 209. The predicted molar refractivity (Wildman–Crippen MR) is 55.2 cm³/mol. The molecule has 0 saturated carbocycles. The Hall–Kier alpha value is 0.0800. The normalized spacial score (nSPS) is 12.3. The lowest BCUT2D eigenvalue weighted by molar-refractivity contribution is -0.140. The third kappa shape index (κ3) is 4.75. The van der Waals surface area contributed by atoms with Gasteiger partial charge >= 0.3 is 5.97 Å². The first-order valence-electron chi connectivity index (χ1n) is 3.94. The van der Waals surface area contributed by atoms with Gasteiger partial charge in [0.2, 0.25) is 0 Å². The molecule has 5 heteroatoms. The van der Waals surface area contributed by atoms with Crippen LogP contribution in [0.5, 0.6) is 0 Å². The van der Waals surface area contributed by atoms with E-state index < -0.39 is 11.9 Å². The second-order valence-electron chi connectivity index (χ2n) is 2.64. The molecule has 0 amide bonds. The van der Waals surface area contributed by atoms with E-state index in [4.69, 9.17) is 39.9 Å². The van der Waals surface area contributed by atoms with Crippen LogP contribution in [0.4, 0.5) is 0 Å². The van der Waals surface area contributed by atoms with Crippen molar-refractivity contribution in [1.82, 2.24) is 0 Å². The molecule has 0 aromatic heterocycles. The Morgan fingerprint density at radius 2 is 1.92 bits per heavy atom. The van der Waals surface area contributed by atoms with E-state index in [-0.39, 0.29) is 9.52 Å². The van der Waals surface area contributed by atoms with Crippen LogP contribution in [0.1, 0.15) is 26.2 Å². The van der Waals surface area contributed by atoms with E-state index in [1.807, 2.05) is 6.92 Å². The number of rotatable bonds is 5. The zero-order valence-electron chi connectivity index (χ0n) is 7.19. The van der Waals surface area contributed by atoms with E-state index >= 15 is 0 Å². The summed E-state index contributed by atoms with van der Waals surface area (Å²) in [7, 11) is 0. The summed E-state index contributed by atoms with van der Waals surface area (Å²) in [6.07, 6.45) is 2.16. The molecule has 0 bridgehead atoms. The summed E-state index contributed by atoms with van der Waals surface area (Å²) in [5.74, 6) is -1.76.